The Balaban J connectivity index is 1.70. The van der Waals surface area contributed by atoms with Crippen molar-refractivity contribution in [2.75, 3.05) is 18.4 Å². The van der Waals surface area contributed by atoms with Gasteiger partial charge in [-0.2, -0.15) is 0 Å². The Kier molecular flexibility index (Phi) is 3.81. The van der Waals surface area contributed by atoms with E-state index < -0.39 is 11.6 Å². The second-order valence-electron chi connectivity index (χ2n) is 5.83. The molecule has 3 aromatic heterocycles. The molecule has 124 valence electrons. The maximum atomic E-state index is 14.1. The van der Waals surface area contributed by atoms with Crippen LogP contribution in [-0.2, 0) is 0 Å². The molecule has 0 amide bonds. The van der Waals surface area contributed by atoms with Crippen LogP contribution in [0.1, 0.15) is 12.8 Å². The van der Waals surface area contributed by atoms with E-state index in [1.165, 1.54) is 6.07 Å². The highest BCUT2D eigenvalue weighted by Gasteiger charge is 2.18. The Morgan fingerprint density at radius 2 is 2.12 bits per heavy atom. The number of nitrogens with zero attached hydrogens (tertiary/aromatic N) is 3. The van der Waals surface area contributed by atoms with Gasteiger partial charge < -0.3 is 15.6 Å². The first-order valence-electron chi connectivity index (χ1n) is 7.83. The molecule has 24 heavy (non-hydrogen) atoms. The van der Waals surface area contributed by atoms with Crippen LogP contribution in [0.4, 0.5) is 14.6 Å². The Morgan fingerprint density at radius 1 is 1.21 bits per heavy atom. The third-order valence-electron chi connectivity index (χ3n) is 4.12. The number of anilines is 1. The summed E-state index contributed by atoms with van der Waals surface area (Å²) in [5, 5.41) is 6.95. The normalized spacial score (nSPS) is 18.0. The van der Waals surface area contributed by atoms with Gasteiger partial charge in [0.05, 0.1) is 12.4 Å². The predicted octanol–water partition coefficient (Wildman–Crippen LogP) is 2.46. The average molecular weight is 330 g/mol. The summed E-state index contributed by atoms with van der Waals surface area (Å²) in [7, 11) is 0. The monoisotopic (exact) mass is 330 g/mol. The maximum Gasteiger partial charge on any atom is 0.183 e. The minimum atomic E-state index is -0.506. The summed E-state index contributed by atoms with van der Waals surface area (Å²) < 4.78 is 27.5. The Bertz CT molecular complexity index is 872. The van der Waals surface area contributed by atoms with Crippen molar-refractivity contribution in [1.29, 1.82) is 0 Å². The average Bonchev–Trinajstić information content (AvgIpc) is 3.01. The molecule has 3 N–H and O–H groups in total. The van der Waals surface area contributed by atoms with Crippen molar-refractivity contribution >= 4 is 16.9 Å². The van der Waals surface area contributed by atoms with Crippen molar-refractivity contribution in [3.05, 3.63) is 36.3 Å². The zero-order chi connectivity index (χ0) is 16.5. The van der Waals surface area contributed by atoms with Crippen LogP contribution in [0.15, 0.2) is 24.7 Å². The van der Waals surface area contributed by atoms with Gasteiger partial charge in [-0.05, 0) is 25.5 Å². The van der Waals surface area contributed by atoms with Gasteiger partial charge in [0.2, 0.25) is 0 Å². The highest BCUT2D eigenvalue weighted by Crippen LogP contribution is 2.27. The van der Waals surface area contributed by atoms with Gasteiger partial charge in [0, 0.05) is 29.7 Å². The fourth-order valence-electron chi connectivity index (χ4n) is 2.93. The molecule has 4 heterocycles. The minimum Gasteiger partial charge on any atom is -0.364 e. The molecule has 4 rings (SSSR count). The van der Waals surface area contributed by atoms with Gasteiger partial charge in [0.1, 0.15) is 11.5 Å². The molecule has 1 fully saturated rings. The molecule has 1 aliphatic heterocycles. The number of nitrogens with one attached hydrogen (secondary N) is 3. The molecule has 0 saturated carbocycles. The van der Waals surface area contributed by atoms with Crippen molar-refractivity contribution in [1.82, 2.24) is 25.3 Å². The Hall–Kier alpha value is -2.61. The summed E-state index contributed by atoms with van der Waals surface area (Å²) in [5.74, 6) is -0.473. The van der Waals surface area contributed by atoms with Gasteiger partial charge in [-0.3, -0.25) is 0 Å². The van der Waals surface area contributed by atoms with E-state index in [4.69, 9.17) is 0 Å². The first-order chi connectivity index (χ1) is 11.7. The van der Waals surface area contributed by atoms with Gasteiger partial charge in [-0.25, -0.2) is 23.7 Å². The highest BCUT2D eigenvalue weighted by atomic mass is 19.1. The van der Waals surface area contributed by atoms with Crippen molar-refractivity contribution in [2.24, 2.45) is 0 Å². The molecule has 1 saturated heterocycles. The summed E-state index contributed by atoms with van der Waals surface area (Å²) in [5.41, 5.74) is 1.12. The lowest BCUT2D eigenvalue weighted by Crippen LogP contribution is -2.38. The van der Waals surface area contributed by atoms with Crippen LogP contribution < -0.4 is 10.6 Å². The van der Waals surface area contributed by atoms with Crippen LogP contribution >= 0.6 is 0 Å². The van der Waals surface area contributed by atoms with Crippen molar-refractivity contribution in [3.8, 4) is 11.4 Å². The van der Waals surface area contributed by atoms with Gasteiger partial charge >= 0.3 is 0 Å². The predicted molar refractivity (Wildman–Crippen MR) is 86.6 cm³/mol. The van der Waals surface area contributed by atoms with Crippen LogP contribution in [0, 0.1) is 11.6 Å². The summed E-state index contributed by atoms with van der Waals surface area (Å²) >= 11 is 0. The number of halogens is 2. The number of H-pyrrole nitrogens is 1. The number of aromatic amines is 1. The second-order valence-corrected chi connectivity index (χ2v) is 5.83. The summed E-state index contributed by atoms with van der Waals surface area (Å²) in [6, 6.07) is 1.48. The summed E-state index contributed by atoms with van der Waals surface area (Å²) in [6.45, 7) is 1.74. The lowest BCUT2D eigenvalue weighted by molar-refractivity contribution is 0.476. The van der Waals surface area contributed by atoms with E-state index in [0.29, 0.717) is 22.4 Å². The molecular formula is C16H16F2N6. The lowest BCUT2D eigenvalue weighted by Gasteiger charge is -2.24. The number of hydrogen-bond donors (Lipinski definition) is 3. The quantitative estimate of drug-likeness (QED) is 0.687. The third-order valence-corrected chi connectivity index (χ3v) is 4.12. The smallest absolute Gasteiger partial charge is 0.183 e. The summed E-state index contributed by atoms with van der Waals surface area (Å²) in [6.07, 6.45) is 5.90. The van der Waals surface area contributed by atoms with Crippen molar-refractivity contribution < 1.29 is 8.78 Å². The number of pyridine rings is 1. The first kappa shape index (κ1) is 14.9. The van der Waals surface area contributed by atoms with Gasteiger partial charge in [-0.1, -0.05) is 0 Å². The van der Waals surface area contributed by atoms with Crippen LogP contribution in [-0.4, -0.2) is 39.1 Å². The van der Waals surface area contributed by atoms with Crippen molar-refractivity contribution in [2.45, 2.75) is 18.9 Å². The molecule has 0 spiro atoms. The van der Waals surface area contributed by atoms with E-state index >= 15 is 0 Å². The van der Waals surface area contributed by atoms with E-state index in [1.54, 1.807) is 6.20 Å². The molecule has 1 unspecified atom stereocenters. The fourth-order valence-corrected chi connectivity index (χ4v) is 2.93. The molecule has 1 aliphatic rings. The molecule has 0 aromatic carbocycles. The van der Waals surface area contributed by atoms with E-state index in [1.807, 2.05) is 0 Å². The Morgan fingerprint density at radius 3 is 2.96 bits per heavy atom. The highest BCUT2D eigenvalue weighted by molar-refractivity contribution is 5.91. The first-order valence-corrected chi connectivity index (χ1v) is 7.83. The number of piperidine rings is 1. The number of rotatable bonds is 3. The van der Waals surface area contributed by atoms with Gasteiger partial charge in [0.25, 0.3) is 0 Å². The molecule has 6 nitrogen and oxygen atoms in total. The lowest BCUT2D eigenvalue weighted by atomic mass is 10.1. The minimum absolute atomic E-state index is 0.123. The molecule has 0 radical (unpaired) electrons. The van der Waals surface area contributed by atoms with Gasteiger partial charge in [0.15, 0.2) is 17.5 Å². The van der Waals surface area contributed by atoms with Crippen LogP contribution in [0.3, 0.4) is 0 Å². The fraction of sp³-hybridized carbons (Fsp3) is 0.312. The van der Waals surface area contributed by atoms with Crippen LogP contribution in [0.2, 0.25) is 0 Å². The van der Waals surface area contributed by atoms with Crippen molar-refractivity contribution in [3.63, 3.8) is 0 Å². The largest absolute Gasteiger partial charge is 0.364 e. The zero-order valence-corrected chi connectivity index (χ0v) is 12.8. The molecule has 0 aliphatic carbocycles. The standard InChI is InChI=1S/C16H16F2N6/c17-9-4-11-12(7-21-14(11)20-5-9)15-22-8-13(18)16(24-15)23-10-2-1-3-19-6-10/h4-5,7-8,10,19H,1-3,6H2,(H,20,21)(H,22,23,24). The zero-order valence-electron chi connectivity index (χ0n) is 12.8. The van der Waals surface area contributed by atoms with E-state index in [2.05, 4.69) is 30.6 Å². The van der Waals surface area contributed by atoms with E-state index in [9.17, 15) is 8.78 Å². The SMILES string of the molecule is Fc1cnc2[nH]cc(-c3ncc(F)c(NC4CCCNC4)n3)c2c1. The number of fused-ring (bicyclic) bond motifs is 1. The Labute approximate surface area is 136 Å². The molecule has 8 heteroatoms. The van der Waals surface area contributed by atoms with E-state index in [0.717, 1.165) is 38.3 Å². The molecule has 1 atom stereocenters. The molecule has 3 aromatic rings. The number of aromatic nitrogens is 4. The molecule has 0 bridgehead atoms. The molecular weight excluding hydrogens is 314 g/mol. The number of hydrogen-bond acceptors (Lipinski definition) is 5. The van der Waals surface area contributed by atoms with E-state index in [-0.39, 0.29) is 11.9 Å². The van der Waals surface area contributed by atoms with Crippen LogP contribution in [0.5, 0.6) is 0 Å². The third kappa shape index (κ3) is 2.80. The summed E-state index contributed by atoms with van der Waals surface area (Å²) in [4.78, 5) is 15.3. The van der Waals surface area contributed by atoms with Gasteiger partial charge in [-0.15, -0.1) is 0 Å². The van der Waals surface area contributed by atoms with Crippen LogP contribution in [0.25, 0.3) is 22.4 Å². The second kappa shape index (κ2) is 6.12. The maximum absolute atomic E-state index is 14.1. The topological polar surface area (TPSA) is 78.5 Å².